The van der Waals surface area contributed by atoms with E-state index >= 15 is 0 Å². The first-order valence-corrected chi connectivity index (χ1v) is 5.19. The minimum Gasteiger partial charge on any atom is -0.389 e. The van der Waals surface area contributed by atoms with Crippen LogP contribution < -0.4 is 4.90 Å². The lowest BCUT2D eigenvalue weighted by molar-refractivity contribution is -0.384. The Bertz CT molecular complexity index is 433. The molecular weight excluding hydrogens is 248 g/mol. The van der Waals surface area contributed by atoms with Crippen molar-refractivity contribution in [2.24, 2.45) is 0 Å². The van der Waals surface area contributed by atoms with Crippen molar-refractivity contribution in [3.05, 3.63) is 21.6 Å². The Kier molecular flexibility index (Phi) is 3.84. The Labute approximate surface area is 103 Å². The molecule has 94 valence electrons. The van der Waals surface area contributed by atoms with Gasteiger partial charge in [-0.3, -0.25) is 10.1 Å². The van der Waals surface area contributed by atoms with Crippen LogP contribution in [0.4, 0.5) is 11.5 Å². The second kappa shape index (κ2) is 4.80. The third-order valence-electron chi connectivity index (χ3n) is 1.90. The SMILES string of the molecule is CN(CC(C)(C)O)c1nc(Cl)ncc1[N+](=O)[O-]. The molecule has 0 aliphatic carbocycles. The Morgan fingerprint density at radius 3 is 2.71 bits per heavy atom. The number of rotatable bonds is 4. The highest BCUT2D eigenvalue weighted by molar-refractivity contribution is 6.28. The number of halogens is 1. The van der Waals surface area contributed by atoms with E-state index in [0.717, 1.165) is 6.20 Å². The van der Waals surface area contributed by atoms with Gasteiger partial charge < -0.3 is 10.0 Å². The maximum atomic E-state index is 10.8. The van der Waals surface area contributed by atoms with E-state index in [9.17, 15) is 15.2 Å². The molecule has 1 N–H and O–H groups in total. The largest absolute Gasteiger partial charge is 0.389 e. The van der Waals surface area contributed by atoms with E-state index < -0.39 is 10.5 Å². The van der Waals surface area contributed by atoms with Crippen molar-refractivity contribution in [3.63, 3.8) is 0 Å². The second-order valence-corrected chi connectivity index (χ2v) is 4.61. The molecular formula is C9H13ClN4O3. The number of nitrogens with zero attached hydrogens (tertiary/aromatic N) is 4. The van der Waals surface area contributed by atoms with Crippen molar-refractivity contribution in [2.45, 2.75) is 19.4 Å². The predicted molar refractivity (Wildman–Crippen MR) is 63.3 cm³/mol. The number of likely N-dealkylation sites (N-methyl/N-ethyl adjacent to an activating group) is 1. The minimum atomic E-state index is -1.000. The molecule has 0 saturated heterocycles. The van der Waals surface area contributed by atoms with Crippen molar-refractivity contribution in [1.82, 2.24) is 9.97 Å². The smallest absolute Gasteiger partial charge is 0.329 e. The Morgan fingerprint density at radius 2 is 2.24 bits per heavy atom. The van der Waals surface area contributed by atoms with Gasteiger partial charge in [-0.2, -0.15) is 4.98 Å². The molecule has 1 heterocycles. The molecule has 0 unspecified atom stereocenters. The summed E-state index contributed by atoms with van der Waals surface area (Å²) in [5.74, 6) is 0.0807. The fourth-order valence-electron chi connectivity index (χ4n) is 1.41. The van der Waals surface area contributed by atoms with Crippen LogP contribution in [-0.2, 0) is 0 Å². The van der Waals surface area contributed by atoms with Gasteiger partial charge in [0.25, 0.3) is 0 Å². The summed E-state index contributed by atoms with van der Waals surface area (Å²) in [4.78, 5) is 19.0. The molecule has 0 aliphatic rings. The molecule has 0 amide bonds. The number of aliphatic hydroxyl groups is 1. The first-order chi connectivity index (χ1) is 7.70. The van der Waals surface area contributed by atoms with Crippen molar-refractivity contribution in [1.29, 1.82) is 0 Å². The zero-order valence-electron chi connectivity index (χ0n) is 9.71. The van der Waals surface area contributed by atoms with Crippen molar-refractivity contribution in [2.75, 3.05) is 18.5 Å². The summed E-state index contributed by atoms with van der Waals surface area (Å²) in [7, 11) is 1.59. The summed E-state index contributed by atoms with van der Waals surface area (Å²) in [6, 6.07) is 0. The van der Waals surface area contributed by atoms with E-state index in [1.807, 2.05) is 0 Å². The van der Waals surface area contributed by atoms with Gasteiger partial charge in [0.05, 0.1) is 10.5 Å². The van der Waals surface area contributed by atoms with Crippen LogP contribution in [-0.4, -0.2) is 39.2 Å². The van der Waals surface area contributed by atoms with Gasteiger partial charge in [-0.1, -0.05) is 0 Å². The topological polar surface area (TPSA) is 92.4 Å². The number of aromatic nitrogens is 2. The maximum absolute atomic E-state index is 10.8. The quantitative estimate of drug-likeness (QED) is 0.497. The lowest BCUT2D eigenvalue weighted by Crippen LogP contribution is -2.37. The van der Waals surface area contributed by atoms with Crippen molar-refractivity contribution in [3.8, 4) is 0 Å². The van der Waals surface area contributed by atoms with Crippen LogP contribution in [0.15, 0.2) is 6.20 Å². The average Bonchev–Trinajstić information content (AvgIpc) is 2.14. The monoisotopic (exact) mass is 260 g/mol. The van der Waals surface area contributed by atoms with Crippen molar-refractivity contribution >= 4 is 23.1 Å². The van der Waals surface area contributed by atoms with Gasteiger partial charge in [0.15, 0.2) is 0 Å². The predicted octanol–water partition coefficient (Wildman–Crippen LogP) is 1.25. The van der Waals surface area contributed by atoms with Gasteiger partial charge >= 0.3 is 5.69 Å². The van der Waals surface area contributed by atoms with Crippen LogP contribution in [0.2, 0.25) is 5.28 Å². The molecule has 0 aliphatic heterocycles. The number of hydrogen-bond acceptors (Lipinski definition) is 6. The Morgan fingerprint density at radius 1 is 1.65 bits per heavy atom. The van der Waals surface area contributed by atoms with Gasteiger partial charge in [0.2, 0.25) is 11.1 Å². The fraction of sp³-hybridized carbons (Fsp3) is 0.556. The van der Waals surface area contributed by atoms with Gasteiger partial charge in [0.1, 0.15) is 6.20 Å². The molecule has 17 heavy (non-hydrogen) atoms. The molecule has 0 atom stereocenters. The number of anilines is 1. The van der Waals surface area contributed by atoms with Crippen LogP contribution in [0.25, 0.3) is 0 Å². The van der Waals surface area contributed by atoms with Gasteiger partial charge in [-0.15, -0.1) is 0 Å². The van der Waals surface area contributed by atoms with Crippen LogP contribution >= 0.6 is 11.6 Å². The molecule has 1 aromatic heterocycles. The Balaban J connectivity index is 3.10. The van der Waals surface area contributed by atoms with Gasteiger partial charge in [-0.25, -0.2) is 4.98 Å². The summed E-state index contributed by atoms with van der Waals surface area (Å²) < 4.78 is 0. The molecule has 0 aromatic carbocycles. The average molecular weight is 261 g/mol. The van der Waals surface area contributed by atoms with E-state index in [1.54, 1.807) is 20.9 Å². The highest BCUT2D eigenvalue weighted by Crippen LogP contribution is 2.26. The number of nitro groups is 1. The summed E-state index contributed by atoms with van der Waals surface area (Å²) in [5, 5.41) is 20.4. The highest BCUT2D eigenvalue weighted by atomic mass is 35.5. The van der Waals surface area contributed by atoms with Crippen LogP contribution in [0.3, 0.4) is 0 Å². The highest BCUT2D eigenvalue weighted by Gasteiger charge is 2.24. The van der Waals surface area contributed by atoms with Crippen LogP contribution in [0.5, 0.6) is 0 Å². The normalized spacial score (nSPS) is 11.4. The first kappa shape index (κ1) is 13.6. The molecule has 0 fully saturated rings. The van der Waals surface area contributed by atoms with Crippen LogP contribution in [0.1, 0.15) is 13.8 Å². The third-order valence-corrected chi connectivity index (χ3v) is 2.09. The summed E-state index contributed by atoms with van der Waals surface area (Å²) in [6.45, 7) is 3.37. The van der Waals surface area contributed by atoms with E-state index in [1.165, 1.54) is 4.90 Å². The molecule has 7 nitrogen and oxygen atoms in total. The lowest BCUT2D eigenvalue weighted by atomic mass is 10.1. The standard InChI is InChI=1S/C9H13ClN4O3/c1-9(2,15)5-13(3)7-6(14(16)17)4-11-8(10)12-7/h4,15H,5H2,1-3H3. The minimum absolute atomic E-state index is 0.0757. The summed E-state index contributed by atoms with van der Waals surface area (Å²) >= 11 is 5.60. The van der Waals surface area contributed by atoms with Gasteiger partial charge in [0, 0.05) is 13.6 Å². The third kappa shape index (κ3) is 3.79. The zero-order chi connectivity index (χ0) is 13.2. The van der Waals surface area contributed by atoms with Gasteiger partial charge in [-0.05, 0) is 25.4 Å². The van der Waals surface area contributed by atoms with Crippen LogP contribution in [0, 0.1) is 10.1 Å². The molecule has 1 aromatic rings. The lowest BCUT2D eigenvalue weighted by Gasteiger charge is -2.25. The van der Waals surface area contributed by atoms with E-state index in [-0.39, 0.29) is 23.3 Å². The molecule has 0 saturated carbocycles. The second-order valence-electron chi connectivity index (χ2n) is 4.27. The zero-order valence-corrected chi connectivity index (χ0v) is 10.5. The fourth-order valence-corrected chi connectivity index (χ4v) is 1.54. The first-order valence-electron chi connectivity index (χ1n) is 4.81. The molecule has 0 bridgehead atoms. The summed E-state index contributed by atoms with van der Waals surface area (Å²) in [6.07, 6.45) is 1.05. The van der Waals surface area contributed by atoms with E-state index in [0.29, 0.717) is 0 Å². The molecule has 1 rings (SSSR count). The molecule has 8 heteroatoms. The molecule has 0 spiro atoms. The summed E-state index contributed by atoms with van der Waals surface area (Å²) in [5.41, 5.74) is -1.25. The maximum Gasteiger partial charge on any atom is 0.329 e. The molecule has 0 radical (unpaired) electrons. The van der Waals surface area contributed by atoms with E-state index in [4.69, 9.17) is 11.6 Å². The van der Waals surface area contributed by atoms with E-state index in [2.05, 4.69) is 9.97 Å². The number of hydrogen-bond donors (Lipinski definition) is 1. The van der Waals surface area contributed by atoms with Crippen molar-refractivity contribution < 1.29 is 10.0 Å². The Hall–Kier alpha value is -1.47.